The number of Topliss-reactive ketones (excluding diaryl/α,β-unsaturated/α-hetero) is 1. The molecule has 2 nitrogen and oxygen atoms in total. The summed E-state index contributed by atoms with van der Waals surface area (Å²) in [6, 6.07) is 5.20. The van der Waals surface area contributed by atoms with E-state index >= 15 is 0 Å². The molecular weight excluding hydrogens is 260 g/mol. The van der Waals surface area contributed by atoms with Crippen molar-refractivity contribution in [1.82, 2.24) is 0 Å². The van der Waals surface area contributed by atoms with Gasteiger partial charge in [-0.05, 0) is 25.0 Å². The molecule has 0 aromatic heterocycles. The van der Waals surface area contributed by atoms with Gasteiger partial charge in [-0.3, -0.25) is 4.79 Å². The van der Waals surface area contributed by atoms with E-state index in [1.807, 2.05) is 13.0 Å². The Morgan fingerprint density at radius 2 is 1.52 bits per heavy atom. The van der Waals surface area contributed by atoms with Crippen LogP contribution < -0.4 is 0 Å². The minimum absolute atomic E-state index is 0.147. The molecule has 0 atom stereocenters. The highest BCUT2D eigenvalue weighted by Crippen LogP contribution is 2.19. The van der Waals surface area contributed by atoms with Crippen LogP contribution >= 0.6 is 0 Å². The molecule has 118 valence electrons. The Bertz CT molecular complexity index is 424. The summed E-state index contributed by atoms with van der Waals surface area (Å²) in [5.74, 6) is 0.362. The van der Waals surface area contributed by atoms with Crippen LogP contribution in [0.25, 0.3) is 0 Å². The second kappa shape index (κ2) is 10.4. The Kier molecular flexibility index (Phi) is 8.80. The van der Waals surface area contributed by atoms with Gasteiger partial charge in [0.1, 0.15) is 5.75 Å². The number of phenolic OH excluding ortho intramolecular Hbond substituents is 1. The summed E-state index contributed by atoms with van der Waals surface area (Å²) in [5.41, 5.74) is 1.45. The van der Waals surface area contributed by atoms with Crippen LogP contribution in [-0.4, -0.2) is 10.9 Å². The quantitative estimate of drug-likeness (QED) is 0.413. The van der Waals surface area contributed by atoms with E-state index in [1.165, 1.54) is 44.9 Å². The van der Waals surface area contributed by atoms with E-state index in [1.54, 1.807) is 12.1 Å². The lowest BCUT2D eigenvalue weighted by Gasteiger charge is -2.04. The fourth-order valence-corrected chi connectivity index (χ4v) is 2.52. The molecule has 0 fully saturated rings. The van der Waals surface area contributed by atoms with E-state index in [4.69, 9.17) is 0 Å². The molecule has 2 heteroatoms. The van der Waals surface area contributed by atoms with Crippen molar-refractivity contribution in [3.05, 3.63) is 29.3 Å². The minimum Gasteiger partial charge on any atom is -0.508 e. The number of rotatable bonds is 11. The summed E-state index contributed by atoms with van der Waals surface area (Å²) >= 11 is 0. The monoisotopic (exact) mass is 290 g/mol. The SMILES string of the molecule is CCCCCCCCCCCC(=O)c1ccc(C)c(O)c1. The molecule has 1 aromatic rings. The van der Waals surface area contributed by atoms with Crippen LogP contribution in [-0.2, 0) is 0 Å². The molecule has 0 saturated heterocycles. The van der Waals surface area contributed by atoms with Crippen LogP contribution in [0.1, 0.15) is 87.1 Å². The zero-order valence-corrected chi connectivity index (χ0v) is 13.7. The first-order valence-electron chi connectivity index (χ1n) is 8.48. The Labute approximate surface area is 129 Å². The first-order valence-corrected chi connectivity index (χ1v) is 8.48. The lowest BCUT2D eigenvalue weighted by atomic mass is 10.0. The van der Waals surface area contributed by atoms with Crippen molar-refractivity contribution < 1.29 is 9.90 Å². The highest BCUT2D eigenvalue weighted by molar-refractivity contribution is 5.96. The third-order valence-electron chi connectivity index (χ3n) is 4.04. The van der Waals surface area contributed by atoms with Crippen LogP contribution in [0.15, 0.2) is 18.2 Å². The molecule has 0 radical (unpaired) electrons. The van der Waals surface area contributed by atoms with Crippen molar-refractivity contribution in [3.63, 3.8) is 0 Å². The van der Waals surface area contributed by atoms with Gasteiger partial charge in [0, 0.05) is 12.0 Å². The number of benzene rings is 1. The number of aryl methyl sites for hydroxylation is 1. The van der Waals surface area contributed by atoms with Crippen molar-refractivity contribution in [2.45, 2.75) is 78.1 Å². The van der Waals surface area contributed by atoms with Crippen molar-refractivity contribution in [1.29, 1.82) is 0 Å². The summed E-state index contributed by atoms with van der Waals surface area (Å²) in [6.07, 6.45) is 11.9. The molecule has 1 aromatic carbocycles. The third kappa shape index (κ3) is 7.31. The van der Waals surface area contributed by atoms with Gasteiger partial charge in [0.05, 0.1) is 0 Å². The predicted octanol–water partition coefficient (Wildman–Crippen LogP) is 5.80. The summed E-state index contributed by atoms with van der Waals surface area (Å²) in [4.78, 5) is 12.0. The number of phenols is 1. The summed E-state index contributed by atoms with van der Waals surface area (Å²) in [7, 11) is 0. The van der Waals surface area contributed by atoms with Crippen molar-refractivity contribution in [2.75, 3.05) is 0 Å². The van der Waals surface area contributed by atoms with E-state index in [0.717, 1.165) is 18.4 Å². The maximum atomic E-state index is 12.0. The van der Waals surface area contributed by atoms with Gasteiger partial charge >= 0.3 is 0 Å². The second-order valence-electron chi connectivity index (χ2n) is 6.00. The normalized spacial score (nSPS) is 10.8. The van der Waals surface area contributed by atoms with Gasteiger partial charge in [-0.2, -0.15) is 0 Å². The summed E-state index contributed by atoms with van der Waals surface area (Å²) in [5, 5.41) is 9.63. The standard InChI is InChI=1S/C19H30O2/c1-3-4-5-6-7-8-9-10-11-12-18(20)17-14-13-16(2)19(21)15-17/h13-15,21H,3-12H2,1-2H3. The van der Waals surface area contributed by atoms with Gasteiger partial charge in [-0.1, -0.05) is 70.4 Å². The average Bonchev–Trinajstić information content (AvgIpc) is 2.48. The Hall–Kier alpha value is -1.31. The van der Waals surface area contributed by atoms with Crippen molar-refractivity contribution in [2.24, 2.45) is 0 Å². The van der Waals surface area contributed by atoms with Gasteiger partial charge < -0.3 is 5.11 Å². The number of carbonyl (C=O) groups excluding carboxylic acids is 1. The number of hydrogen-bond donors (Lipinski definition) is 1. The average molecular weight is 290 g/mol. The minimum atomic E-state index is 0.147. The number of aromatic hydroxyl groups is 1. The fraction of sp³-hybridized carbons (Fsp3) is 0.632. The van der Waals surface area contributed by atoms with E-state index in [-0.39, 0.29) is 11.5 Å². The molecule has 0 aliphatic carbocycles. The van der Waals surface area contributed by atoms with Gasteiger partial charge in [0.2, 0.25) is 0 Å². The van der Waals surface area contributed by atoms with Crippen LogP contribution in [0, 0.1) is 6.92 Å². The maximum absolute atomic E-state index is 12.0. The smallest absolute Gasteiger partial charge is 0.163 e. The molecule has 1 N–H and O–H groups in total. The van der Waals surface area contributed by atoms with Gasteiger partial charge in [-0.15, -0.1) is 0 Å². The van der Waals surface area contributed by atoms with Crippen molar-refractivity contribution in [3.8, 4) is 5.75 Å². The lowest BCUT2D eigenvalue weighted by molar-refractivity contribution is 0.0978. The summed E-state index contributed by atoms with van der Waals surface area (Å²) in [6.45, 7) is 4.08. The Balaban J connectivity index is 2.09. The molecule has 0 aliphatic heterocycles. The summed E-state index contributed by atoms with van der Waals surface area (Å²) < 4.78 is 0. The van der Waals surface area contributed by atoms with Crippen molar-refractivity contribution >= 4 is 5.78 Å². The van der Waals surface area contributed by atoms with E-state index in [2.05, 4.69) is 6.92 Å². The third-order valence-corrected chi connectivity index (χ3v) is 4.04. The van der Waals surface area contributed by atoms with E-state index in [9.17, 15) is 9.90 Å². The molecule has 0 amide bonds. The van der Waals surface area contributed by atoms with Gasteiger partial charge in [0.15, 0.2) is 5.78 Å². The molecular formula is C19H30O2. The molecule has 0 heterocycles. The molecule has 0 unspecified atom stereocenters. The zero-order chi connectivity index (χ0) is 15.5. The molecule has 0 spiro atoms. The molecule has 21 heavy (non-hydrogen) atoms. The zero-order valence-electron chi connectivity index (χ0n) is 13.7. The van der Waals surface area contributed by atoms with Crippen LogP contribution in [0.4, 0.5) is 0 Å². The maximum Gasteiger partial charge on any atom is 0.163 e. The number of ketones is 1. The highest BCUT2D eigenvalue weighted by Gasteiger charge is 2.07. The second-order valence-corrected chi connectivity index (χ2v) is 6.00. The highest BCUT2D eigenvalue weighted by atomic mass is 16.3. The van der Waals surface area contributed by atoms with Crippen LogP contribution in [0.2, 0.25) is 0 Å². The Morgan fingerprint density at radius 3 is 2.10 bits per heavy atom. The van der Waals surface area contributed by atoms with Crippen LogP contribution in [0.3, 0.4) is 0 Å². The largest absolute Gasteiger partial charge is 0.508 e. The molecule has 0 saturated carbocycles. The molecule has 1 rings (SSSR count). The molecule has 0 aliphatic rings. The predicted molar refractivity (Wildman–Crippen MR) is 89.0 cm³/mol. The lowest BCUT2D eigenvalue weighted by Crippen LogP contribution is -1.99. The van der Waals surface area contributed by atoms with Gasteiger partial charge in [-0.25, -0.2) is 0 Å². The fourth-order valence-electron chi connectivity index (χ4n) is 2.52. The number of hydrogen-bond acceptors (Lipinski definition) is 2. The molecule has 0 bridgehead atoms. The Morgan fingerprint density at radius 1 is 0.952 bits per heavy atom. The van der Waals surface area contributed by atoms with E-state index < -0.39 is 0 Å². The van der Waals surface area contributed by atoms with E-state index in [0.29, 0.717) is 12.0 Å². The number of carbonyl (C=O) groups is 1. The van der Waals surface area contributed by atoms with Crippen LogP contribution in [0.5, 0.6) is 5.75 Å². The topological polar surface area (TPSA) is 37.3 Å². The first kappa shape index (κ1) is 17.7. The first-order chi connectivity index (χ1) is 10.1. The number of unbranched alkanes of at least 4 members (excludes halogenated alkanes) is 8. The van der Waals surface area contributed by atoms with Gasteiger partial charge in [0.25, 0.3) is 0 Å².